The van der Waals surface area contributed by atoms with Crippen LogP contribution in [0.5, 0.6) is 0 Å². The monoisotopic (exact) mass is 408 g/mol. The first-order chi connectivity index (χ1) is 14.5. The third-order valence-corrected chi connectivity index (χ3v) is 5.66. The van der Waals surface area contributed by atoms with Crippen LogP contribution in [0.15, 0.2) is 35.1 Å². The number of carbonyl (C=O) groups excluding carboxylic acids is 1. The second-order valence-corrected chi connectivity index (χ2v) is 7.95. The van der Waals surface area contributed by atoms with Crippen molar-refractivity contribution in [3.05, 3.63) is 63.3 Å². The molecule has 0 saturated carbocycles. The Labute approximate surface area is 175 Å². The van der Waals surface area contributed by atoms with E-state index in [4.69, 9.17) is 4.74 Å². The number of hydrogen-bond donors (Lipinski definition) is 2. The minimum atomic E-state index is -0.316. The molecule has 7 heteroatoms. The van der Waals surface area contributed by atoms with Crippen LogP contribution in [0.25, 0.3) is 11.0 Å². The number of imidazole rings is 1. The largest absolute Gasteiger partial charge is 0.376 e. The second-order valence-electron chi connectivity index (χ2n) is 7.95. The molecular formula is C23H28N4O3. The van der Waals surface area contributed by atoms with Gasteiger partial charge in [0.15, 0.2) is 0 Å². The van der Waals surface area contributed by atoms with Crippen LogP contribution in [0.2, 0.25) is 0 Å². The number of aromatic nitrogens is 3. The van der Waals surface area contributed by atoms with Crippen molar-refractivity contribution in [2.24, 2.45) is 0 Å². The lowest BCUT2D eigenvalue weighted by atomic mass is 10.1. The van der Waals surface area contributed by atoms with E-state index in [0.29, 0.717) is 18.7 Å². The van der Waals surface area contributed by atoms with Gasteiger partial charge in [-0.3, -0.25) is 9.59 Å². The van der Waals surface area contributed by atoms with Crippen LogP contribution in [-0.2, 0) is 17.7 Å². The standard InChI is InChI=1S/C23H28N4O3/c1-15-13-16(2)27(14-17-7-6-12-30-17)23(29)21(15)22(28)24-11-5-10-20-25-18-8-3-4-9-19(18)26-20/h3-4,8-9,13,17H,5-7,10-12,14H2,1-2H3,(H,24,28)(H,25,26). The molecule has 1 aliphatic rings. The summed E-state index contributed by atoms with van der Waals surface area (Å²) in [5, 5.41) is 2.90. The highest BCUT2D eigenvalue weighted by atomic mass is 16.5. The van der Waals surface area contributed by atoms with Crippen LogP contribution >= 0.6 is 0 Å². The quantitative estimate of drug-likeness (QED) is 0.589. The molecule has 0 aliphatic carbocycles. The first-order valence-corrected chi connectivity index (χ1v) is 10.6. The number of aromatic amines is 1. The Morgan fingerprint density at radius 2 is 2.17 bits per heavy atom. The molecular weight excluding hydrogens is 380 g/mol. The number of fused-ring (bicyclic) bond motifs is 1. The fourth-order valence-corrected chi connectivity index (χ4v) is 4.09. The summed E-state index contributed by atoms with van der Waals surface area (Å²) in [5.41, 5.74) is 3.50. The lowest BCUT2D eigenvalue weighted by Gasteiger charge is -2.17. The molecule has 1 unspecified atom stereocenters. The molecule has 1 atom stereocenters. The van der Waals surface area contributed by atoms with Gasteiger partial charge < -0.3 is 19.6 Å². The maximum Gasteiger partial charge on any atom is 0.263 e. The van der Waals surface area contributed by atoms with Gasteiger partial charge in [-0.25, -0.2) is 4.98 Å². The minimum absolute atomic E-state index is 0.0452. The van der Waals surface area contributed by atoms with Crippen molar-refractivity contribution >= 4 is 16.9 Å². The third-order valence-electron chi connectivity index (χ3n) is 5.66. The number of hydrogen-bond acceptors (Lipinski definition) is 4. The third kappa shape index (κ3) is 4.31. The lowest BCUT2D eigenvalue weighted by Crippen LogP contribution is -2.37. The van der Waals surface area contributed by atoms with E-state index in [1.54, 1.807) is 4.57 Å². The Hall–Kier alpha value is -2.93. The van der Waals surface area contributed by atoms with Gasteiger partial charge in [0, 0.05) is 25.3 Å². The van der Waals surface area contributed by atoms with Crippen LogP contribution in [0.1, 0.15) is 46.7 Å². The predicted molar refractivity (Wildman–Crippen MR) is 116 cm³/mol. The van der Waals surface area contributed by atoms with E-state index < -0.39 is 0 Å². The molecule has 0 spiro atoms. The summed E-state index contributed by atoms with van der Waals surface area (Å²) in [5.74, 6) is 0.582. The topological polar surface area (TPSA) is 89.0 Å². The molecule has 4 rings (SSSR count). The summed E-state index contributed by atoms with van der Waals surface area (Å²) in [6.45, 7) is 5.43. The Morgan fingerprint density at radius 1 is 1.33 bits per heavy atom. The Balaban J connectivity index is 1.39. The van der Waals surface area contributed by atoms with Gasteiger partial charge in [-0.05, 0) is 56.9 Å². The molecule has 2 N–H and O–H groups in total. The molecule has 3 heterocycles. The zero-order valence-electron chi connectivity index (χ0n) is 17.5. The van der Waals surface area contributed by atoms with Crippen molar-refractivity contribution < 1.29 is 9.53 Å². The number of H-pyrrole nitrogens is 1. The number of amides is 1. The van der Waals surface area contributed by atoms with Gasteiger partial charge in [0.1, 0.15) is 11.4 Å². The van der Waals surface area contributed by atoms with Crippen molar-refractivity contribution in [3.63, 3.8) is 0 Å². The fraction of sp³-hybridized carbons (Fsp3) is 0.435. The van der Waals surface area contributed by atoms with Crippen LogP contribution in [0, 0.1) is 13.8 Å². The maximum atomic E-state index is 13.0. The highest BCUT2D eigenvalue weighted by Gasteiger charge is 2.21. The van der Waals surface area contributed by atoms with E-state index in [1.165, 1.54) is 0 Å². The first kappa shape index (κ1) is 20.3. The van der Waals surface area contributed by atoms with Crippen molar-refractivity contribution in [2.45, 2.75) is 52.2 Å². The smallest absolute Gasteiger partial charge is 0.263 e. The molecule has 0 radical (unpaired) electrons. The van der Waals surface area contributed by atoms with Crippen molar-refractivity contribution in [2.75, 3.05) is 13.2 Å². The average Bonchev–Trinajstić information content (AvgIpc) is 3.37. The first-order valence-electron chi connectivity index (χ1n) is 10.6. The molecule has 0 bridgehead atoms. The van der Waals surface area contributed by atoms with E-state index >= 15 is 0 Å². The van der Waals surface area contributed by atoms with E-state index in [-0.39, 0.29) is 23.1 Å². The highest BCUT2D eigenvalue weighted by Crippen LogP contribution is 2.15. The van der Waals surface area contributed by atoms with Gasteiger partial charge in [0.05, 0.1) is 23.7 Å². The van der Waals surface area contributed by atoms with Crippen molar-refractivity contribution in [1.29, 1.82) is 0 Å². The van der Waals surface area contributed by atoms with E-state index in [0.717, 1.165) is 54.8 Å². The van der Waals surface area contributed by atoms with Crippen LogP contribution in [-0.4, -0.2) is 39.7 Å². The van der Waals surface area contributed by atoms with Gasteiger partial charge in [0.25, 0.3) is 11.5 Å². The molecule has 158 valence electrons. The number of ether oxygens (including phenoxy) is 1. The van der Waals surface area contributed by atoms with Gasteiger partial charge in [-0.1, -0.05) is 12.1 Å². The number of rotatable bonds is 7. The SMILES string of the molecule is Cc1cc(C)n(CC2CCCO2)c(=O)c1C(=O)NCCCc1nc2ccccc2[nH]1. The molecule has 2 aromatic heterocycles. The number of nitrogens with zero attached hydrogens (tertiary/aromatic N) is 2. The van der Waals surface area contributed by atoms with Gasteiger partial charge in [-0.2, -0.15) is 0 Å². The zero-order chi connectivity index (χ0) is 21.1. The van der Waals surface area contributed by atoms with Gasteiger partial charge >= 0.3 is 0 Å². The fourth-order valence-electron chi connectivity index (χ4n) is 4.09. The summed E-state index contributed by atoms with van der Waals surface area (Å²) >= 11 is 0. The number of para-hydroxylation sites is 2. The maximum absolute atomic E-state index is 13.0. The average molecular weight is 409 g/mol. The summed E-state index contributed by atoms with van der Waals surface area (Å²) < 4.78 is 7.34. The summed E-state index contributed by atoms with van der Waals surface area (Å²) in [6, 6.07) is 9.80. The molecule has 1 saturated heterocycles. The number of carbonyl (C=O) groups is 1. The van der Waals surface area contributed by atoms with E-state index in [9.17, 15) is 9.59 Å². The van der Waals surface area contributed by atoms with Gasteiger partial charge in [0.2, 0.25) is 0 Å². The molecule has 30 heavy (non-hydrogen) atoms. The zero-order valence-corrected chi connectivity index (χ0v) is 17.5. The van der Waals surface area contributed by atoms with Crippen LogP contribution < -0.4 is 10.9 Å². The minimum Gasteiger partial charge on any atom is -0.376 e. The van der Waals surface area contributed by atoms with E-state index in [2.05, 4.69) is 15.3 Å². The van der Waals surface area contributed by atoms with E-state index in [1.807, 2.05) is 44.2 Å². The molecule has 3 aromatic rings. The second kappa shape index (κ2) is 8.83. The molecule has 1 fully saturated rings. The Kier molecular flexibility index (Phi) is 5.99. The molecule has 1 amide bonds. The number of benzene rings is 1. The molecule has 7 nitrogen and oxygen atoms in total. The normalized spacial score (nSPS) is 16.3. The summed E-state index contributed by atoms with van der Waals surface area (Å²) in [7, 11) is 0. The van der Waals surface area contributed by atoms with Crippen LogP contribution in [0.3, 0.4) is 0 Å². The van der Waals surface area contributed by atoms with Crippen molar-refractivity contribution in [3.8, 4) is 0 Å². The Bertz CT molecular complexity index is 1080. The number of nitrogens with one attached hydrogen (secondary N) is 2. The van der Waals surface area contributed by atoms with Gasteiger partial charge in [-0.15, -0.1) is 0 Å². The predicted octanol–water partition coefficient (Wildman–Crippen LogP) is 2.88. The van der Waals surface area contributed by atoms with Crippen molar-refractivity contribution in [1.82, 2.24) is 19.9 Å². The number of aryl methyl sites for hydroxylation is 3. The number of pyridine rings is 1. The Morgan fingerprint density at radius 3 is 2.93 bits per heavy atom. The lowest BCUT2D eigenvalue weighted by molar-refractivity contribution is 0.0927. The molecule has 1 aliphatic heterocycles. The highest BCUT2D eigenvalue weighted by molar-refractivity contribution is 5.95. The molecule has 1 aromatic carbocycles. The van der Waals surface area contributed by atoms with Crippen LogP contribution in [0.4, 0.5) is 0 Å². The summed E-state index contributed by atoms with van der Waals surface area (Å²) in [6.07, 6.45) is 3.47. The summed E-state index contributed by atoms with van der Waals surface area (Å²) in [4.78, 5) is 33.6.